The number of pyridine rings is 1. The van der Waals surface area contributed by atoms with E-state index in [9.17, 15) is 22.4 Å². The van der Waals surface area contributed by atoms with Crippen LogP contribution in [0.3, 0.4) is 0 Å². The van der Waals surface area contributed by atoms with Crippen LogP contribution in [-0.4, -0.2) is 20.7 Å². The third-order valence-corrected chi connectivity index (χ3v) is 3.45. The van der Waals surface area contributed by atoms with Crippen LogP contribution in [0.1, 0.15) is 21.6 Å². The normalized spacial score (nSPS) is 11.4. The lowest BCUT2D eigenvalue weighted by atomic mass is 10.1. The number of rotatable bonds is 4. The summed E-state index contributed by atoms with van der Waals surface area (Å²) in [6.45, 7) is 0. The Morgan fingerprint density at radius 3 is 2.54 bits per heavy atom. The van der Waals surface area contributed by atoms with Gasteiger partial charge in [-0.05, 0) is 41.8 Å². The molecule has 0 bridgehead atoms. The van der Waals surface area contributed by atoms with Crippen LogP contribution in [-0.2, 0) is 12.7 Å². The van der Waals surface area contributed by atoms with Crippen molar-refractivity contribution in [3.63, 3.8) is 0 Å². The van der Waals surface area contributed by atoms with Gasteiger partial charge in [0, 0.05) is 12.4 Å². The summed E-state index contributed by atoms with van der Waals surface area (Å²) in [5.74, 6) is -0.976. The molecule has 0 spiro atoms. The Kier molecular flexibility index (Phi) is 4.70. The number of alkyl halides is 3. The molecule has 5 nitrogen and oxygen atoms in total. The van der Waals surface area contributed by atoms with Crippen LogP contribution in [0.4, 0.5) is 23.4 Å². The van der Waals surface area contributed by atoms with Gasteiger partial charge in [-0.1, -0.05) is 18.2 Å². The Morgan fingerprint density at radius 2 is 1.92 bits per heavy atom. The summed E-state index contributed by atoms with van der Waals surface area (Å²) in [6, 6.07) is 10.3. The summed E-state index contributed by atoms with van der Waals surface area (Å²) >= 11 is 0. The first-order valence-corrected chi connectivity index (χ1v) is 7.45. The molecule has 3 rings (SSSR count). The molecule has 0 saturated heterocycles. The SMILES string of the molecule is O=C(Nc1ccc(Cc2cccc(F)c2)cn1)c1ccn(C(F)(F)F)n1. The molecule has 1 N–H and O–H groups in total. The molecular weight excluding hydrogens is 352 g/mol. The van der Waals surface area contributed by atoms with E-state index in [2.05, 4.69) is 15.4 Å². The first-order chi connectivity index (χ1) is 12.3. The summed E-state index contributed by atoms with van der Waals surface area (Å²) < 4.78 is 50.3. The van der Waals surface area contributed by atoms with Crippen LogP contribution in [0, 0.1) is 5.82 Å². The number of anilines is 1. The summed E-state index contributed by atoms with van der Waals surface area (Å²) in [6.07, 6.45) is -2.08. The van der Waals surface area contributed by atoms with Gasteiger partial charge < -0.3 is 5.32 Å². The lowest BCUT2D eigenvalue weighted by molar-refractivity contribution is -0.212. The molecule has 134 valence electrons. The van der Waals surface area contributed by atoms with Crippen molar-refractivity contribution in [2.24, 2.45) is 0 Å². The van der Waals surface area contributed by atoms with Crippen molar-refractivity contribution in [2.45, 2.75) is 12.7 Å². The number of benzene rings is 1. The second-order valence-electron chi connectivity index (χ2n) is 5.43. The van der Waals surface area contributed by atoms with Crippen molar-refractivity contribution >= 4 is 11.7 Å². The van der Waals surface area contributed by atoms with E-state index in [1.54, 1.807) is 18.2 Å². The molecule has 0 fully saturated rings. The number of hydrogen-bond donors (Lipinski definition) is 1. The van der Waals surface area contributed by atoms with Gasteiger partial charge in [-0.15, -0.1) is 13.2 Å². The highest BCUT2D eigenvalue weighted by Crippen LogP contribution is 2.21. The van der Waals surface area contributed by atoms with Gasteiger partial charge in [-0.3, -0.25) is 4.79 Å². The second kappa shape index (κ2) is 6.95. The Morgan fingerprint density at radius 1 is 1.12 bits per heavy atom. The number of amides is 1. The number of carbonyl (C=O) groups is 1. The minimum Gasteiger partial charge on any atom is -0.305 e. The molecule has 2 aromatic heterocycles. The largest absolute Gasteiger partial charge is 0.504 e. The molecule has 0 atom stereocenters. The number of hydrogen-bond acceptors (Lipinski definition) is 3. The molecule has 0 saturated carbocycles. The van der Waals surface area contributed by atoms with E-state index < -0.39 is 12.2 Å². The fourth-order valence-corrected chi connectivity index (χ4v) is 2.25. The van der Waals surface area contributed by atoms with E-state index in [1.807, 2.05) is 0 Å². The highest BCUT2D eigenvalue weighted by molar-refractivity contribution is 6.02. The van der Waals surface area contributed by atoms with Crippen molar-refractivity contribution in [1.29, 1.82) is 0 Å². The average molecular weight is 364 g/mol. The minimum atomic E-state index is -4.69. The van der Waals surface area contributed by atoms with Crippen molar-refractivity contribution in [3.8, 4) is 0 Å². The Labute approximate surface area is 145 Å². The third kappa shape index (κ3) is 4.24. The molecule has 0 aliphatic heterocycles. The second-order valence-corrected chi connectivity index (χ2v) is 5.43. The molecule has 0 radical (unpaired) electrons. The van der Waals surface area contributed by atoms with Crippen LogP contribution >= 0.6 is 0 Å². The Hall–Kier alpha value is -3.23. The van der Waals surface area contributed by atoms with Gasteiger partial charge in [0.25, 0.3) is 5.91 Å². The van der Waals surface area contributed by atoms with E-state index >= 15 is 0 Å². The van der Waals surface area contributed by atoms with Crippen LogP contribution in [0.15, 0.2) is 54.9 Å². The molecule has 9 heteroatoms. The van der Waals surface area contributed by atoms with E-state index in [4.69, 9.17) is 0 Å². The van der Waals surface area contributed by atoms with Crippen molar-refractivity contribution < 1.29 is 22.4 Å². The standard InChI is InChI=1S/C17H12F4N4O/c18-13-3-1-2-11(9-13)8-12-4-5-15(22-10-12)23-16(26)14-6-7-25(24-14)17(19,20)21/h1-7,9-10H,8H2,(H,22,23,26). The molecule has 3 aromatic rings. The van der Waals surface area contributed by atoms with E-state index in [0.29, 0.717) is 12.6 Å². The van der Waals surface area contributed by atoms with Crippen LogP contribution in [0.2, 0.25) is 0 Å². The number of nitrogens with zero attached hydrogens (tertiary/aromatic N) is 3. The zero-order chi connectivity index (χ0) is 18.7. The molecule has 1 amide bonds. The van der Waals surface area contributed by atoms with Gasteiger partial charge in [-0.25, -0.2) is 9.37 Å². The quantitative estimate of drug-likeness (QED) is 0.718. The van der Waals surface area contributed by atoms with E-state index in [-0.39, 0.29) is 22.0 Å². The number of carbonyl (C=O) groups excluding carboxylic acids is 1. The first kappa shape index (κ1) is 17.6. The average Bonchev–Trinajstić information content (AvgIpc) is 3.07. The molecule has 2 heterocycles. The smallest absolute Gasteiger partial charge is 0.305 e. The molecule has 0 unspecified atom stereocenters. The zero-order valence-electron chi connectivity index (χ0n) is 13.2. The fourth-order valence-electron chi connectivity index (χ4n) is 2.25. The van der Waals surface area contributed by atoms with Gasteiger partial charge in [0.15, 0.2) is 5.69 Å². The van der Waals surface area contributed by atoms with Gasteiger partial charge in [0.1, 0.15) is 11.6 Å². The highest BCUT2D eigenvalue weighted by Gasteiger charge is 2.32. The zero-order valence-corrected chi connectivity index (χ0v) is 13.2. The van der Waals surface area contributed by atoms with Crippen LogP contribution in [0.25, 0.3) is 0 Å². The van der Waals surface area contributed by atoms with Crippen LogP contribution < -0.4 is 5.32 Å². The summed E-state index contributed by atoms with van der Waals surface area (Å²) in [4.78, 5) is 16.0. The number of halogens is 4. The van der Waals surface area contributed by atoms with E-state index in [1.165, 1.54) is 24.4 Å². The molecule has 26 heavy (non-hydrogen) atoms. The third-order valence-electron chi connectivity index (χ3n) is 3.45. The maximum Gasteiger partial charge on any atom is 0.504 e. The molecule has 0 aliphatic rings. The van der Waals surface area contributed by atoms with Crippen molar-refractivity contribution in [3.05, 3.63) is 77.5 Å². The molecule has 1 aromatic carbocycles. The Balaban J connectivity index is 1.65. The maximum absolute atomic E-state index is 13.2. The molecular formula is C17H12F4N4O. The monoisotopic (exact) mass is 364 g/mol. The lowest BCUT2D eigenvalue weighted by Gasteiger charge is -2.06. The predicted molar refractivity (Wildman–Crippen MR) is 84.9 cm³/mol. The number of aromatic nitrogens is 3. The minimum absolute atomic E-state index is 0.166. The summed E-state index contributed by atoms with van der Waals surface area (Å²) in [5.41, 5.74) is 1.17. The van der Waals surface area contributed by atoms with Crippen LogP contribution in [0.5, 0.6) is 0 Å². The van der Waals surface area contributed by atoms with Crippen molar-refractivity contribution in [2.75, 3.05) is 5.32 Å². The van der Waals surface area contributed by atoms with Gasteiger partial charge in [-0.2, -0.15) is 9.78 Å². The van der Waals surface area contributed by atoms with Gasteiger partial charge in [0.2, 0.25) is 0 Å². The Bertz CT molecular complexity index is 919. The maximum atomic E-state index is 13.2. The number of nitrogens with one attached hydrogen (secondary N) is 1. The van der Waals surface area contributed by atoms with Gasteiger partial charge >= 0.3 is 6.30 Å². The van der Waals surface area contributed by atoms with Gasteiger partial charge in [0.05, 0.1) is 0 Å². The van der Waals surface area contributed by atoms with E-state index in [0.717, 1.165) is 17.2 Å². The molecule has 0 aliphatic carbocycles. The topological polar surface area (TPSA) is 59.8 Å². The lowest BCUT2D eigenvalue weighted by Crippen LogP contribution is -2.19. The van der Waals surface area contributed by atoms with Crippen molar-refractivity contribution in [1.82, 2.24) is 14.8 Å². The predicted octanol–water partition coefficient (Wildman–Crippen LogP) is 3.74. The fraction of sp³-hybridized carbons (Fsp3) is 0.118. The first-order valence-electron chi connectivity index (χ1n) is 7.45. The highest BCUT2D eigenvalue weighted by atomic mass is 19.4. The summed E-state index contributed by atoms with van der Waals surface area (Å²) in [5, 5.41) is 5.55. The summed E-state index contributed by atoms with van der Waals surface area (Å²) in [7, 11) is 0.